The third-order valence-electron chi connectivity index (χ3n) is 22.9. The molecule has 538 valence electrons. The maximum Gasteiger partial charge on any atom is 0.285 e. The molecule has 0 saturated heterocycles. The fourth-order valence-corrected chi connectivity index (χ4v) is 18.1. The van der Waals surface area contributed by atoms with Gasteiger partial charge in [-0.1, -0.05) is 170 Å². The summed E-state index contributed by atoms with van der Waals surface area (Å²) in [6.45, 7) is 36.6. The van der Waals surface area contributed by atoms with Crippen LogP contribution < -0.4 is 17.9 Å². The second-order valence-corrected chi connectivity index (χ2v) is 31.6. The van der Waals surface area contributed by atoms with E-state index in [1.54, 1.807) is 0 Å². The number of quaternary nitrogens is 4. The van der Waals surface area contributed by atoms with Gasteiger partial charge in [0.05, 0.1) is 28.2 Å². The van der Waals surface area contributed by atoms with E-state index >= 15 is 0 Å². The number of rotatable bonds is 8. The van der Waals surface area contributed by atoms with Crippen molar-refractivity contribution in [3.63, 3.8) is 0 Å². The highest BCUT2D eigenvalue weighted by molar-refractivity contribution is 5.92. The van der Waals surface area contributed by atoms with Crippen molar-refractivity contribution in [2.24, 2.45) is 0 Å². The molecule has 8 nitrogen and oxygen atoms in total. The Morgan fingerprint density at radius 2 is 0.486 bits per heavy atom. The van der Waals surface area contributed by atoms with E-state index in [-0.39, 0.29) is 0 Å². The van der Waals surface area contributed by atoms with Gasteiger partial charge in [-0.25, -0.2) is 17.9 Å². The summed E-state index contributed by atoms with van der Waals surface area (Å²) in [5.74, 6) is 0. The van der Waals surface area contributed by atoms with Gasteiger partial charge in [-0.3, -0.25) is 0 Å². The molecule has 0 radical (unpaired) electrons. The van der Waals surface area contributed by atoms with Gasteiger partial charge in [0.2, 0.25) is 22.7 Å². The highest BCUT2D eigenvalue weighted by Gasteiger charge is 2.46. The highest BCUT2D eigenvalue weighted by Crippen LogP contribution is 2.47. The van der Waals surface area contributed by atoms with Crippen LogP contribution in [0.3, 0.4) is 0 Å². The van der Waals surface area contributed by atoms with Crippen molar-refractivity contribution in [3.8, 4) is 0 Å². The van der Waals surface area contributed by atoms with Gasteiger partial charge < -0.3 is 0 Å². The van der Waals surface area contributed by atoms with Gasteiger partial charge in [0, 0.05) is 116 Å². The van der Waals surface area contributed by atoms with Crippen molar-refractivity contribution in [3.05, 3.63) is 354 Å². The van der Waals surface area contributed by atoms with Crippen molar-refractivity contribution < 1.29 is 18.3 Å². The summed E-state index contributed by atoms with van der Waals surface area (Å²) in [6, 6.07) is 90.5. The molecule has 107 heavy (non-hydrogen) atoms. The summed E-state index contributed by atoms with van der Waals surface area (Å²) >= 11 is 0. The summed E-state index contributed by atoms with van der Waals surface area (Å²) in [5, 5.41) is 0. The topological polar surface area (TPSA) is 12.0 Å². The van der Waals surface area contributed by atoms with Crippen molar-refractivity contribution in [1.29, 1.82) is 0 Å². The number of aryl methyl sites for hydroxylation is 15. The highest BCUT2D eigenvalue weighted by atomic mass is 15.5. The molecule has 4 aliphatic heterocycles. The summed E-state index contributed by atoms with van der Waals surface area (Å²) in [5.41, 5.74) is 41.1. The fraction of sp³-hybridized carbons (Fsp3) is 0.232. The molecular weight excluding hydrogens is 1300 g/mol. The number of fused-ring (bicyclic) bond motifs is 4. The third-order valence-corrected chi connectivity index (χ3v) is 22.9. The average Bonchev–Trinajstić information content (AvgIpc) is 0.754. The van der Waals surface area contributed by atoms with E-state index < -0.39 is 0 Å². The molecule has 0 spiro atoms. The predicted octanol–water partition coefficient (Wildman–Crippen LogP) is 23.4. The zero-order chi connectivity index (χ0) is 75.9. The lowest BCUT2D eigenvalue weighted by Gasteiger charge is -2.36. The first-order valence-corrected chi connectivity index (χ1v) is 38.0. The van der Waals surface area contributed by atoms with Crippen molar-refractivity contribution in [2.75, 3.05) is 54.9 Å². The molecule has 4 unspecified atom stereocenters. The molecule has 8 heteroatoms. The van der Waals surface area contributed by atoms with Crippen molar-refractivity contribution in [2.45, 2.75) is 104 Å². The van der Waals surface area contributed by atoms with Crippen LogP contribution in [0.25, 0.3) is 0 Å². The first-order chi connectivity index (χ1) is 51.2. The van der Waals surface area contributed by atoms with Gasteiger partial charge in [-0.2, -0.15) is 0 Å². The first-order valence-electron chi connectivity index (χ1n) is 38.0. The Morgan fingerprint density at radius 1 is 0.215 bits per heavy atom. The van der Waals surface area contributed by atoms with Crippen LogP contribution in [-0.4, -0.2) is 98.0 Å². The Labute approximate surface area is 638 Å². The van der Waals surface area contributed by atoms with Crippen molar-refractivity contribution >= 4 is 93.1 Å². The molecule has 0 amide bonds. The first kappa shape index (κ1) is 74.4. The van der Waals surface area contributed by atoms with E-state index in [9.17, 15) is 0 Å². The molecule has 0 aromatic heterocycles. The van der Waals surface area contributed by atoms with E-state index in [2.05, 4.69) is 424 Å². The summed E-state index contributed by atoms with van der Waals surface area (Å²) in [6.07, 6.45) is 9.27. The van der Waals surface area contributed by atoms with E-state index in [1.807, 2.05) is 0 Å². The molecule has 12 aromatic carbocycles. The van der Waals surface area contributed by atoms with E-state index in [1.165, 1.54) is 174 Å². The Kier molecular flexibility index (Phi) is 21.0. The van der Waals surface area contributed by atoms with Gasteiger partial charge in [0.1, 0.15) is 45.0 Å². The Bertz CT molecular complexity index is 5300. The van der Waals surface area contributed by atoms with Crippen LogP contribution in [0.15, 0.2) is 249 Å². The zero-order valence-electron chi connectivity index (χ0n) is 66.9. The van der Waals surface area contributed by atoms with Gasteiger partial charge in [-0.05, 0) is 150 Å². The van der Waals surface area contributed by atoms with Crippen LogP contribution in [0.2, 0.25) is 0 Å². The lowest BCUT2D eigenvalue weighted by atomic mass is 10.00. The van der Waals surface area contributed by atoms with Crippen molar-refractivity contribution in [1.82, 2.24) is 17.9 Å². The molecule has 0 fully saturated rings. The number of para-hydroxylation sites is 8. The van der Waals surface area contributed by atoms with Gasteiger partial charge in [0.25, 0.3) is 26.7 Å². The molecule has 12 aromatic rings. The number of nitrogens with zero attached hydrogens (tertiary/aromatic N) is 8. The van der Waals surface area contributed by atoms with Gasteiger partial charge >= 0.3 is 0 Å². The number of benzene rings is 12. The van der Waals surface area contributed by atoms with Crippen LogP contribution >= 0.6 is 0 Å². The summed E-state index contributed by atoms with van der Waals surface area (Å²) < 4.78 is 12.8. The van der Waals surface area contributed by atoms with E-state index in [0.717, 1.165) is 44.6 Å². The van der Waals surface area contributed by atoms with Gasteiger partial charge in [-0.15, -0.1) is 18.3 Å². The largest absolute Gasteiger partial charge is 0.285 e. The molecule has 16 rings (SSSR count). The molecule has 4 aliphatic rings. The maximum atomic E-state index is 2.46. The zero-order valence-corrected chi connectivity index (χ0v) is 66.9. The van der Waals surface area contributed by atoms with Gasteiger partial charge in [0.15, 0.2) is 47.6 Å². The molecule has 0 aliphatic carbocycles. The minimum absolute atomic E-state index is 0.771. The SMILES string of the molecule is Cc1ccc2c(c1)C=[N+](c1c(C)cccc1C)C[N+]2(C)c1c(C)cccc1C.Cc1ccc2c(c1)C=[N+](c1c(C)cccc1C)C[N+]2(C)c1c(C)cccc1C.Cc1ccc2c(c1)C=[N+](c1ccccc1)C[N+]2(C)c1ccccc1C.Cc1ccc2c(c1)C=[N+](c1ccccc1C)C[N+]2(C)c1ccccc1C. The lowest BCUT2D eigenvalue weighted by Crippen LogP contribution is -2.49. The van der Waals surface area contributed by atoms with Crippen LogP contribution in [0.4, 0.5) is 68.2 Å². The quantitative estimate of drug-likeness (QED) is 0.106. The van der Waals surface area contributed by atoms with Crippen LogP contribution in [0.5, 0.6) is 0 Å². The normalized spacial score (nSPS) is 18.8. The average molecular weight is 1410 g/mol. The smallest absolute Gasteiger partial charge is 0.205 e. The minimum Gasteiger partial charge on any atom is -0.205 e. The fourth-order valence-electron chi connectivity index (χ4n) is 18.1. The molecule has 0 bridgehead atoms. The van der Waals surface area contributed by atoms with E-state index in [4.69, 9.17) is 0 Å². The molecular formula is C99H110N8+8. The Hall–Kier alpha value is -10.8. The predicted molar refractivity (Wildman–Crippen MR) is 458 cm³/mol. The second-order valence-electron chi connectivity index (χ2n) is 31.6. The molecule has 4 atom stereocenters. The van der Waals surface area contributed by atoms with E-state index in [0.29, 0.717) is 0 Å². The van der Waals surface area contributed by atoms with Crippen LogP contribution in [0.1, 0.15) is 106 Å². The molecule has 4 heterocycles. The Morgan fingerprint density at radius 3 is 0.841 bits per heavy atom. The minimum atomic E-state index is 0.771. The molecule has 0 saturated carbocycles. The monoisotopic (exact) mass is 1410 g/mol. The summed E-state index contributed by atoms with van der Waals surface area (Å²) in [7, 11) is 9.36. The standard InChI is InChI=1S/2C26H30N2.C24H26N2.C23H24N2/c2*1-18-13-14-24-23(15-18)16-27(25-19(2)9-7-10-20(25)3)17-28(24,6)26-21(4)11-8-12-22(26)5;1-18-13-14-24-21(15-18)16-25(22-11-7-5-9-19(22)2)17-26(24,4)23-12-8-6-10-20(23)3;1-18-13-14-23-20(15-18)16-24(21-10-5-4-6-11-21)17-25(23,3)22-12-8-7-9-19(22)2/h2*7-16H,17H2,1-6H3;5-16H,17H2,1-4H3;4-16H,17H2,1-3H3/q4*+2. The Balaban J connectivity index is 0.000000126. The second kappa shape index (κ2) is 30.2. The lowest BCUT2D eigenvalue weighted by molar-refractivity contribution is -0.457. The van der Waals surface area contributed by atoms with Crippen LogP contribution in [-0.2, 0) is 0 Å². The van der Waals surface area contributed by atoms with Crippen LogP contribution in [0, 0.1) is 104 Å². The number of hydrogen-bond acceptors (Lipinski definition) is 0. The summed E-state index contributed by atoms with van der Waals surface area (Å²) in [4.78, 5) is 0. The third kappa shape index (κ3) is 14.6. The maximum absolute atomic E-state index is 2.46. The number of hydrogen-bond donors (Lipinski definition) is 0. The molecule has 0 N–H and O–H groups in total.